The summed E-state index contributed by atoms with van der Waals surface area (Å²) in [4.78, 5) is 38.2. The lowest BCUT2D eigenvalue weighted by molar-refractivity contribution is -0.166. The second kappa shape index (κ2) is 58.9. The van der Waals surface area contributed by atoms with Gasteiger partial charge in [-0.15, -0.1) is 0 Å². The van der Waals surface area contributed by atoms with Gasteiger partial charge in [0.2, 0.25) is 0 Å². The molecule has 0 saturated carbocycles. The molecule has 0 N–H and O–H groups in total. The van der Waals surface area contributed by atoms with Crippen LogP contribution in [0.2, 0.25) is 0 Å². The predicted octanol–water partition coefficient (Wildman–Crippen LogP) is 20.1. The summed E-state index contributed by atoms with van der Waals surface area (Å²) in [6.07, 6.45) is 78.4. The first-order chi connectivity index (χ1) is 35.0. The Kier molecular flexibility index (Phi) is 55.9. The molecule has 0 aromatic heterocycles. The third-order valence-corrected chi connectivity index (χ3v) is 12.6. The van der Waals surface area contributed by atoms with E-state index in [9.17, 15) is 14.4 Å². The fourth-order valence-corrected chi connectivity index (χ4v) is 8.15. The van der Waals surface area contributed by atoms with Crippen LogP contribution in [0.15, 0.2) is 97.2 Å². The predicted molar refractivity (Wildman–Crippen MR) is 307 cm³/mol. The molecule has 0 heterocycles. The van der Waals surface area contributed by atoms with Crippen LogP contribution in [0.3, 0.4) is 0 Å². The van der Waals surface area contributed by atoms with Gasteiger partial charge >= 0.3 is 17.9 Å². The lowest BCUT2D eigenvalue weighted by Crippen LogP contribution is -2.30. The first-order valence-corrected chi connectivity index (χ1v) is 29.7. The summed E-state index contributed by atoms with van der Waals surface area (Å²) in [5.41, 5.74) is 0. The second-order valence-electron chi connectivity index (χ2n) is 19.5. The summed E-state index contributed by atoms with van der Waals surface area (Å²) in [5, 5.41) is 0. The fraction of sp³-hybridized carbons (Fsp3) is 0.708. The van der Waals surface area contributed by atoms with Crippen molar-refractivity contribution in [3.63, 3.8) is 0 Å². The van der Waals surface area contributed by atoms with E-state index in [1.54, 1.807) is 0 Å². The monoisotopic (exact) mass is 987 g/mol. The highest BCUT2D eigenvalue weighted by molar-refractivity contribution is 5.71. The highest BCUT2D eigenvalue weighted by Crippen LogP contribution is 2.16. The lowest BCUT2D eigenvalue weighted by atomic mass is 10.0. The Balaban J connectivity index is 4.50. The van der Waals surface area contributed by atoms with Crippen LogP contribution in [0.1, 0.15) is 278 Å². The molecule has 0 aromatic carbocycles. The number of ether oxygens (including phenoxy) is 3. The molecule has 1 atom stereocenters. The van der Waals surface area contributed by atoms with E-state index in [2.05, 4.69) is 112 Å². The van der Waals surface area contributed by atoms with Crippen molar-refractivity contribution < 1.29 is 28.6 Å². The van der Waals surface area contributed by atoms with Crippen molar-refractivity contribution in [3.8, 4) is 0 Å². The van der Waals surface area contributed by atoms with Crippen molar-refractivity contribution in [2.45, 2.75) is 284 Å². The molecule has 0 radical (unpaired) electrons. The molecule has 0 aliphatic carbocycles. The number of carbonyl (C=O) groups is 3. The quantitative estimate of drug-likeness (QED) is 0.0261. The molecule has 71 heavy (non-hydrogen) atoms. The van der Waals surface area contributed by atoms with Crippen LogP contribution < -0.4 is 0 Å². The summed E-state index contributed by atoms with van der Waals surface area (Å²) >= 11 is 0. The molecule has 406 valence electrons. The number of hydrogen-bond acceptors (Lipinski definition) is 6. The third kappa shape index (κ3) is 57.1. The van der Waals surface area contributed by atoms with Gasteiger partial charge in [0.15, 0.2) is 6.10 Å². The average molecular weight is 988 g/mol. The van der Waals surface area contributed by atoms with Crippen LogP contribution in [0.4, 0.5) is 0 Å². The molecular weight excluding hydrogens is 877 g/mol. The first kappa shape index (κ1) is 67.3. The van der Waals surface area contributed by atoms with Crippen molar-refractivity contribution in [2.75, 3.05) is 13.2 Å². The highest BCUT2D eigenvalue weighted by atomic mass is 16.6. The summed E-state index contributed by atoms with van der Waals surface area (Å²) in [7, 11) is 0. The van der Waals surface area contributed by atoms with E-state index in [-0.39, 0.29) is 37.5 Å². The van der Waals surface area contributed by atoms with E-state index in [1.807, 2.05) is 6.08 Å². The third-order valence-electron chi connectivity index (χ3n) is 12.6. The number of esters is 3. The van der Waals surface area contributed by atoms with Crippen LogP contribution >= 0.6 is 0 Å². The van der Waals surface area contributed by atoms with Crippen molar-refractivity contribution in [3.05, 3.63) is 97.2 Å². The van der Waals surface area contributed by atoms with Crippen molar-refractivity contribution in [1.29, 1.82) is 0 Å². The molecule has 0 fully saturated rings. The van der Waals surface area contributed by atoms with Crippen molar-refractivity contribution in [2.24, 2.45) is 0 Å². The topological polar surface area (TPSA) is 78.9 Å². The summed E-state index contributed by atoms with van der Waals surface area (Å²) < 4.78 is 16.8. The van der Waals surface area contributed by atoms with E-state index in [0.29, 0.717) is 19.3 Å². The maximum absolute atomic E-state index is 12.9. The Morgan fingerprint density at radius 2 is 0.577 bits per heavy atom. The van der Waals surface area contributed by atoms with Gasteiger partial charge < -0.3 is 14.2 Å². The van der Waals surface area contributed by atoms with Gasteiger partial charge in [0.25, 0.3) is 0 Å². The molecule has 0 bridgehead atoms. The van der Waals surface area contributed by atoms with Crippen molar-refractivity contribution >= 4 is 17.9 Å². The van der Waals surface area contributed by atoms with Crippen LogP contribution in [0, 0.1) is 0 Å². The molecule has 0 aromatic rings. The zero-order valence-electron chi connectivity index (χ0n) is 46.5. The zero-order chi connectivity index (χ0) is 51.4. The standard InChI is InChI=1S/C65H110O6/c1-4-7-10-13-16-19-22-25-28-31-32-35-37-40-43-46-49-52-55-58-64(67)70-61-62(71-65(68)59-56-53-50-47-44-41-38-34-30-27-24-21-18-15-12-9-6-3)60-69-63(66)57-54-51-48-45-42-39-36-33-29-26-23-20-17-14-11-8-5-2/h7,10,16,18-19,21,25,27-28,30,32,35,40,43,49,52,62H,4-6,8-9,11-15,17,20,22-24,26,29,31,33-34,36-39,41-42,44-48,50-51,53-61H2,1-3H3/b10-7+,19-16+,21-18+,28-25+,30-27+,35-32+,43-40+,52-49+/t62-/m1/s1. The largest absolute Gasteiger partial charge is 0.462 e. The van der Waals surface area contributed by atoms with Gasteiger partial charge in [-0.25, -0.2) is 0 Å². The van der Waals surface area contributed by atoms with Crippen molar-refractivity contribution in [1.82, 2.24) is 0 Å². The van der Waals surface area contributed by atoms with Gasteiger partial charge in [-0.05, 0) is 89.9 Å². The second-order valence-corrected chi connectivity index (χ2v) is 19.5. The number of unbranched alkanes of at least 4 members (excludes halogenated alkanes) is 26. The van der Waals surface area contributed by atoms with E-state index in [0.717, 1.165) is 89.9 Å². The maximum Gasteiger partial charge on any atom is 0.306 e. The molecule has 0 aliphatic heterocycles. The van der Waals surface area contributed by atoms with Crippen LogP contribution in [-0.4, -0.2) is 37.2 Å². The Labute approximate surface area is 438 Å². The molecule has 6 heteroatoms. The SMILES string of the molecule is CC/C=C/C/C=C/C/C=C/C/C=C/C/C=C/C/C=C/CCC(=O)OC[C@@H](COC(=O)CCCCCCCCCCCCCCCCCCC)OC(=O)CCCCCCCCC/C=C/C/C=C/CCCCC. The molecule has 0 amide bonds. The Bertz CT molecular complexity index is 1410. The number of hydrogen-bond donors (Lipinski definition) is 0. The average Bonchev–Trinajstić information content (AvgIpc) is 3.37. The number of rotatable bonds is 53. The normalized spacial score (nSPS) is 12.8. The van der Waals surface area contributed by atoms with E-state index < -0.39 is 6.10 Å². The molecular formula is C65H110O6. The molecule has 6 nitrogen and oxygen atoms in total. The summed E-state index contributed by atoms with van der Waals surface area (Å²) in [6, 6.07) is 0. The molecule has 0 saturated heterocycles. The van der Waals surface area contributed by atoms with E-state index in [1.165, 1.54) is 141 Å². The molecule has 0 rings (SSSR count). The van der Waals surface area contributed by atoms with Crippen LogP contribution in [-0.2, 0) is 28.6 Å². The van der Waals surface area contributed by atoms with Gasteiger partial charge in [0.1, 0.15) is 13.2 Å². The van der Waals surface area contributed by atoms with Gasteiger partial charge in [0, 0.05) is 19.3 Å². The minimum absolute atomic E-state index is 0.102. The van der Waals surface area contributed by atoms with Crippen LogP contribution in [0.25, 0.3) is 0 Å². The highest BCUT2D eigenvalue weighted by Gasteiger charge is 2.19. The lowest BCUT2D eigenvalue weighted by Gasteiger charge is -2.18. The molecule has 0 spiro atoms. The van der Waals surface area contributed by atoms with E-state index in [4.69, 9.17) is 14.2 Å². The molecule has 0 unspecified atom stereocenters. The summed E-state index contributed by atoms with van der Waals surface area (Å²) in [6.45, 7) is 6.45. The Morgan fingerprint density at radius 1 is 0.296 bits per heavy atom. The fourth-order valence-electron chi connectivity index (χ4n) is 8.15. The van der Waals surface area contributed by atoms with Gasteiger partial charge in [-0.3, -0.25) is 14.4 Å². The maximum atomic E-state index is 12.9. The van der Waals surface area contributed by atoms with Gasteiger partial charge in [0.05, 0.1) is 0 Å². The zero-order valence-corrected chi connectivity index (χ0v) is 46.5. The smallest absolute Gasteiger partial charge is 0.306 e. The van der Waals surface area contributed by atoms with Gasteiger partial charge in [-0.1, -0.05) is 266 Å². The number of allylic oxidation sites excluding steroid dienone is 16. The summed E-state index contributed by atoms with van der Waals surface area (Å²) in [5.74, 6) is -0.991. The van der Waals surface area contributed by atoms with E-state index >= 15 is 0 Å². The van der Waals surface area contributed by atoms with Gasteiger partial charge in [-0.2, -0.15) is 0 Å². The molecule has 0 aliphatic rings. The Morgan fingerprint density at radius 3 is 0.972 bits per heavy atom. The van der Waals surface area contributed by atoms with Crippen LogP contribution in [0.5, 0.6) is 0 Å². The minimum Gasteiger partial charge on any atom is -0.462 e. The minimum atomic E-state index is -0.812. The Hall–Kier alpha value is -3.67. The first-order valence-electron chi connectivity index (χ1n) is 29.7. The number of carbonyl (C=O) groups excluding carboxylic acids is 3.